The zero-order chi connectivity index (χ0) is 16.9. The highest BCUT2D eigenvalue weighted by Crippen LogP contribution is 2.22. The Morgan fingerprint density at radius 1 is 1.12 bits per heavy atom. The number of fused-ring (bicyclic) bond motifs is 1. The normalized spacial score (nSPS) is 13.0. The third-order valence-corrected chi connectivity index (χ3v) is 4.14. The minimum Gasteiger partial charge on any atom is -0.452 e. The Balaban J connectivity index is 1.55. The molecule has 0 atom stereocenters. The van der Waals surface area contributed by atoms with Gasteiger partial charge in [0.2, 0.25) is 0 Å². The van der Waals surface area contributed by atoms with Gasteiger partial charge < -0.3 is 10.1 Å². The van der Waals surface area contributed by atoms with Crippen molar-refractivity contribution in [1.29, 1.82) is 0 Å². The van der Waals surface area contributed by atoms with Gasteiger partial charge in [-0.15, -0.1) is 0 Å². The number of pyridine rings is 1. The van der Waals surface area contributed by atoms with Crippen molar-refractivity contribution in [3.8, 4) is 0 Å². The largest absolute Gasteiger partial charge is 0.452 e. The van der Waals surface area contributed by atoms with Crippen LogP contribution in [-0.4, -0.2) is 23.5 Å². The molecule has 1 N–H and O–H groups in total. The third kappa shape index (κ3) is 4.11. The standard InChI is InChI=1S/C18H17ClN2O3/c19-15-7-8-16(20-10-15)21-17(22)11-24-18(23)14-6-5-12-3-1-2-4-13(12)9-14/h5-10H,1-4,11H2,(H,20,21,22). The van der Waals surface area contributed by atoms with Crippen LogP contribution in [0, 0.1) is 0 Å². The number of benzene rings is 1. The molecule has 1 amide bonds. The number of amides is 1. The van der Waals surface area contributed by atoms with E-state index >= 15 is 0 Å². The second kappa shape index (κ2) is 7.45. The minimum absolute atomic E-state index is 0.356. The summed E-state index contributed by atoms with van der Waals surface area (Å²) in [6, 6.07) is 8.79. The van der Waals surface area contributed by atoms with Gasteiger partial charge in [-0.25, -0.2) is 9.78 Å². The lowest BCUT2D eigenvalue weighted by atomic mass is 9.90. The van der Waals surface area contributed by atoms with Crippen LogP contribution < -0.4 is 5.32 Å². The highest BCUT2D eigenvalue weighted by Gasteiger charge is 2.15. The van der Waals surface area contributed by atoms with E-state index < -0.39 is 11.9 Å². The molecule has 1 aliphatic carbocycles. The maximum Gasteiger partial charge on any atom is 0.338 e. The molecule has 24 heavy (non-hydrogen) atoms. The number of halogens is 1. The first kappa shape index (κ1) is 16.5. The van der Waals surface area contributed by atoms with Crippen molar-refractivity contribution in [2.24, 2.45) is 0 Å². The van der Waals surface area contributed by atoms with Crippen molar-refractivity contribution >= 4 is 29.3 Å². The Morgan fingerprint density at radius 3 is 2.67 bits per heavy atom. The molecule has 0 saturated heterocycles. The lowest BCUT2D eigenvalue weighted by Crippen LogP contribution is -2.21. The molecule has 0 saturated carbocycles. The molecule has 1 heterocycles. The first-order valence-corrected chi connectivity index (χ1v) is 8.20. The lowest BCUT2D eigenvalue weighted by molar-refractivity contribution is -0.119. The molecule has 5 nitrogen and oxygen atoms in total. The number of aryl methyl sites for hydroxylation is 2. The lowest BCUT2D eigenvalue weighted by Gasteiger charge is -2.16. The van der Waals surface area contributed by atoms with E-state index in [1.165, 1.54) is 23.7 Å². The van der Waals surface area contributed by atoms with Gasteiger partial charge in [0, 0.05) is 6.20 Å². The highest BCUT2D eigenvalue weighted by molar-refractivity contribution is 6.30. The number of ether oxygens (including phenoxy) is 1. The van der Waals surface area contributed by atoms with Gasteiger partial charge in [-0.3, -0.25) is 4.79 Å². The third-order valence-electron chi connectivity index (χ3n) is 3.91. The summed E-state index contributed by atoms with van der Waals surface area (Å²) in [7, 11) is 0. The van der Waals surface area contributed by atoms with Crippen molar-refractivity contribution in [1.82, 2.24) is 4.98 Å². The number of carbonyl (C=O) groups is 2. The van der Waals surface area contributed by atoms with E-state index in [2.05, 4.69) is 10.3 Å². The molecule has 0 unspecified atom stereocenters. The molecular formula is C18H17ClN2O3. The van der Waals surface area contributed by atoms with Crippen LogP contribution in [0.5, 0.6) is 0 Å². The summed E-state index contributed by atoms with van der Waals surface area (Å²) < 4.78 is 5.07. The number of aromatic nitrogens is 1. The first-order chi connectivity index (χ1) is 11.6. The van der Waals surface area contributed by atoms with Crippen molar-refractivity contribution in [3.05, 3.63) is 58.2 Å². The molecule has 2 aromatic rings. The SMILES string of the molecule is O=C(COC(=O)c1ccc2c(c1)CCCC2)Nc1ccc(Cl)cn1. The van der Waals surface area contributed by atoms with Gasteiger partial charge in [0.15, 0.2) is 6.61 Å². The average Bonchev–Trinajstić information content (AvgIpc) is 2.61. The maximum absolute atomic E-state index is 12.1. The topological polar surface area (TPSA) is 68.3 Å². The van der Waals surface area contributed by atoms with Crippen LogP contribution in [0.1, 0.15) is 34.3 Å². The van der Waals surface area contributed by atoms with E-state index in [4.69, 9.17) is 16.3 Å². The molecule has 1 aliphatic rings. The monoisotopic (exact) mass is 344 g/mol. The molecule has 1 aromatic carbocycles. The van der Waals surface area contributed by atoms with E-state index in [1.807, 2.05) is 12.1 Å². The maximum atomic E-state index is 12.1. The molecule has 0 aliphatic heterocycles. The van der Waals surface area contributed by atoms with Gasteiger partial charge in [0.25, 0.3) is 5.91 Å². The van der Waals surface area contributed by atoms with E-state index in [0.717, 1.165) is 19.3 Å². The summed E-state index contributed by atoms with van der Waals surface area (Å²) in [5, 5.41) is 3.02. The molecule has 0 spiro atoms. The Morgan fingerprint density at radius 2 is 1.92 bits per heavy atom. The summed E-state index contributed by atoms with van der Waals surface area (Å²) in [5.41, 5.74) is 2.97. The molecule has 0 fully saturated rings. The fourth-order valence-electron chi connectivity index (χ4n) is 2.70. The second-order valence-corrected chi connectivity index (χ2v) is 6.11. The number of hydrogen-bond acceptors (Lipinski definition) is 4. The van der Waals surface area contributed by atoms with E-state index in [-0.39, 0.29) is 6.61 Å². The fraction of sp³-hybridized carbons (Fsp3) is 0.278. The predicted octanol–water partition coefficient (Wildman–Crippen LogP) is 3.41. The van der Waals surface area contributed by atoms with Crippen LogP contribution >= 0.6 is 11.6 Å². The van der Waals surface area contributed by atoms with Crippen LogP contribution in [0.2, 0.25) is 5.02 Å². The number of anilines is 1. The van der Waals surface area contributed by atoms with Crippen LogP contribution in [0.3, 0.4) is 0 Å². The zero-order valence-electron chi connectivity index (χ0n) is 13.0. The smallest absolute Gasteiger partial charge is 0.338 e. The molecule has 3 rings (SSSR count). The van der Waals surface area contributed by atoms with Gasteiger partial charge in [0.05, 0.1) is 10.6 Å². The zero-order valence-corrected chi connectivity index (χ0v) is 13.8. The van der Waals surface area contributed by atoms with E-state index in [1.54, 1.807) is 18.2 Å². The first-order valence-electron chi connectivity index (χ1n) is 7.82. The van der Waals surface area contributed by atoms with E-state index in [0.29, 0.717) is 16.4 Å². The van der Waals surface area contributed by atoms with Crippen molar-refractivity contribution in [2.45, 2.75) is 25.7 Å². The van der Waals surface area contributed by atoms with Crippen molar-refractivity contribution in [2.75, 3.05) is 11.9 Å². The van der Waals surface area contributed by atoms with E-state index in [9.17, 15) is 9.59 Å². The molecular weight excluding hydrogens is 328 g/mol. The van der Waals surface area contributed by atoms with Crippen molar-refractivity contribution < 1.29 is 14.3 Å². The molecule has 0 bridgehead atoms. The molecule has 0 radical (unpaired) electrons. The van der Waals surface area contributed by atoms with Crippen molar-refractivity contribution in [3.63, 3.8) is 0 Å². The summed E-state index contributed by atoms with van der Waals surface area (Å²) >= 11 is 5.72. The summed E-state index contributed by atoms with van der Waals surface area (Å²) in [6.45, 7) is -0.361. The Labute approximate surface area is 145 Å². The van der Waals surface area contributed by atoms with Crippen LogP contribution in [0.25, 0.3) is 0 Å². The summed E-state index contributed by atoms with van der Waals surface area (Å²) in [5.74, 6) is -0.590. The number of esters is 1. The summed E-state index contributed by atoms with van der Waals surface area (Å²) in [6.07, 6.45) is 5.80. The Hall–Kier alpha value is -2.40. The fourth-order valence-corrected chi connectivity index (χ4v) is 2.82. The second-order valence-electron chi connectivity index (χ2n) is 5.68. The number of rotatable bonds is 4. The molecule has 124 valence electrons. The number of nitrogens with one attached hydrogen (secondary N) is 1. The number of carbonyl (C=O) groups excluding carboxylic acids is 2. The number of nitrogens with zero attached hydrogens (tertiary/aromatic N) is 1. The number of hydrogen-bond donors (Lipinski definition) is 1. The van der Waals surface area contributed by atoms with Crippen LogP contribution in [0.4, 0.5) is 5.82 Å². The van der Waals surface area contributed by atoms with Crippen LogP contribution in [0.15, 0.2) is 36.5 Å². The molecule has 6 heteroatoms. The van der Waals surface area contributed by atoms with Gasteiger partial charge >= 0.3 is 5.97 Å². The van der Waals surface area contributed by atoms with Gasteiger partial charge in [-0.05, 0) is 61.1 Å². The summed E-state index contributed by atoms with van der Waals surface area (Å²) in [4.78, 5) is 27.8. The minimum atomic E-state index is -0.498. The predicted molar refractivity (Wildman–Crippen MR) is 91.2 cm³/mol. The Kier molecular flexibility index (Phi) is 5.11. The quantitative estimate of drug-likeness (QED) is 0.863. The highest BCUT2D eigenvalue weighted by atomic mass is 35.5. The Bertz CT molecular complexity index is 759. The van der Waals surface area contributed by atoms with Gasteiger partial charge in [-0.1, -0.05) is 17.7 Å². The molecule has 1 aromatic heterocycles. The average molecular weight is 345 g/mol. The van der Waals surface area contributed by atoms with Crippen LogP contribution in [-0.2, 0) is 22.4 Å². The van der Waals surface area contributed by atoms with Gasteiger partial charge in [-0.2, -0.15) is 0 Å². The van der Waals surface area contributed by atoms with Gasteiger partial charge in [0.1, 0.15) is 5.82 Å².